The van der Waals surface area contributed by atoms with Crippen molar-refractivity contribution in [3.8, 4) is 0 Å². The van der Waals surface area contributed by atoms with E-state index in [2.05, 4.69) is 20.8 Å². The van der Waals surface area contributed by atoms with Crippen molar-refractivity contribution >= 4 is 40.2 Å². The summed E-state index contributed by atoms with van der Waals surface area (Å²) in [6.07, 6.45) is 0. The van der Waals surface area contributed by atoms with E-state index in [9.17, 15) is 9.59 Å². The van der Waals surface area contributed by atoms with Gasteiger partial charge in [-0.25, -0.2) is 9.59 Å². The number of benzene rings is 1. The number of carbonyl (C=O) groups excluding carboxylic acids is 2. The molecule has 0 spiro atoms. The number of nitrogens with zero attached hydrogens (tertiary/aromatic N) is 2. The van der Waals surface area contributed by atoms with E-state index in [1.54, 1.807) is 0 Å². The number of hydrogen-bond acceptors (Lipinski definition) is 8. The predicted molar refractivity (Wildman–Crippen MR) is 104 cm³/mol. The van der Waals surface area contributed by atoms with E-state index in [4.69, 9.17) is 10.5 Å². The lowest BCUT2D eigenvalue weighted by Gasteiger charge is -2.30. The van der Waals surface area contributed by atoms with Crippen molar-refractivity contribution in [2.75, 3.05) is 18.6 Å². The average molecular weight is 406 g/mol. The highest BCUT2D eigenvalue weighted by atomic mass is 32.2. The lowest BCUT2D eigenvalue weighted by atomic mass is 9.91. The summed E-state index contributed by atoms with van der Waals surface area (Å²) in [5.41, 5.74) is 9.38. The van der Waals surface area contributed by atoms with Gasteiger partial charge in [-0.3, -0.25) is 0 Å². The van der Waals surface area contributed by atoms with Crippen LogP contribution in [-0.4, -0.2) is 35.1 Å². The van der Waals surface area contributed by atoms with E-state index in [-0.39, 0.29) is 6.03 Å². The summed E-state index contributed by atoms with van der Waals surface area (Å²) >= 11 is 2.59. The fourth-order valence-electron chi connectivity index (χ4n) is 2.88. The first-order chi connectivity index (χ1) is 12.9. The number of esters is 1. The summed E-state index contributed by atoms with van der Waals surface area (Å²) in [5, 5.41) is 13.6. The zero-order chi connectivity index (χ0) is 19.6. The van der Waals surface area contributed by atoms with Gasteiger partial charge in [0.1, 0.15) is 0 Å². The third-order valence-electron chi connectivity index (χ3n) is 4.06. The molecule has 0 radical (unpaired) electrons. The molecule has 0 bridgehead atoms. The summed E-state index contributed by atoms with van der Waals surface area (Å²) in [6.45, 7) is 3.94. The minimum absolute atomic E-state index is 0.327. The van der Waals surface area contributed by atoms with Crippen LogP contribution in [0.25, 0.3) is 0 Å². The molecule has 1 aliphatic rings. The second kappa shape index (κ2) is 7.97. The van der Waals surface area contributed by atoms with Gasteiger partial charge in [0, 0.05) is 11.4 Å². The van der Waals surface area contributed by atoms with E-state index in [0.717, 1.165) is 16.7 Å². The van der Waals surface area contributed by atoms with Crippen LogP contribution in [0, 0.1) is 13.8 Å². The predicted octanol–water partition coefficient (Wildman–Crippen LogP) is 2.31. The molecule has 0 fully saturated rings. The Bertz CT molecular complexity index is 925. The average Bonchev–Trinajstić information content (AvgIpc) is 3.04. The molecule has 1 atom stereocenters. The van der Waals surface area contributed by atoms with Crippen molar-refractivity contribution < 1.29 is 14.3 Å². The van der Waals surface area contributed by atoms with Crippen molar-refractivity contribution in [1.29, 1.82) is 0 Å². The number of ether oxygens (including phenoxy) is 1. The highest BCUT2D eigenvalue weighted by Gasteiger charge is 2.34. The lowest BCUT2D eigenvalue weighted by Crippen LogP contribution is -2.46. The smallest absolute Gasteiger partial charge is 0.338 e. The molecule has 1 aromatic heterocycles. The second-order valence-electron chi connectivity index (χ2n) is 5.97. The Balaban J connectivity index is 2.00. The molecule has 142 valence electrons. The molecule has 0 saturated carbocycles. The largest absolute Gasteiger partial charge is 0.466 e. The molecule has 1 unspecified atom stereocenters. The highest BCUT2D eigenvalue weighted by Crippen LogP contribution is 2.33. The Labute approximate surface area is 164 Å². The molecule has 8 nitrogen and oxygen atoms in total. The normalized spacial score (nSPS) is 16.7. The number of urea groups is 1. The van der Waals surface area contributed by atoms with Gasteiger partial charge in [0.15, 0.2) is 4.34 Å². The number of methoxy groups -OCH3 is 1. The maximum atomic E-state index is 12.5. The second-order valence-corrected chi connectivity index (χ2v) is 8.20. The zero-order valence-corrected chi connectivity index (χ0v) is 16.7. The van der Waals surface area contributed by atoms with Crippen LogP contribution in [0.4, 0.5) is 9.93 Å². The molecular formula is C17H19N5O3S2. The number of thioether (sulfide) groups is 1. The highest BCUT2D eigenvalue weighted by molar-refractivity contribution is 8.01. The van der Waals surface area contributed by atoms with Crippen molar-refractivity contribution in [2.24, 2.45) is 0 Å². The van der Waals surface area contributed by atoms with Crippen LogP contribution < -0.4 is 16.4 Å². The Morgan fingerprint density at radius 1 is 1.37 bits per heavy atom. The van der Waals surface area contributed by atoms with Gasteiger partial charge in [0.2, 0.25) is 5.13 Å². The maximum absolute atomic E-state index is 12.5. The fraction of sp³-hybridized carbons (Fsp3) is 0.294. The van der Waals surface area contributed by atoms with Gasteiger partial charge in [-0.1, -0.05) is 46.9 Å². The van der Waals surface area contributed by atoms with Gasteiger partial charge < -0.3 is 21.1 Å². The molecule has 1 aromatic carbocycles. The van der Waals surface area contributed by atoms with E-state index in [0.29, 0.717) is 26.5 Å². The first-order valence-electron chi connectivity index (χ1n) is 8.07. The number of anilines is 1. The molecule has 4 N–H and O–H groups in total. The SMILES string of the molecule is COC(=O)C1=C(CSc2nnc(N)s2)NC(=O)NC1c1ccc(C)cc1C. The topological polar surface area (TPSA) is 119 Å². The fourth-order valence-corrected chi connectivity index (χ4v) is 4.48. The Kier molecular flexibility index (Phi) is 5.66. The molecule has 1 aliphatic heterocycles. The van der Waals surface area contributed by atoms with Crippen LogP contribution in [0.15, 0.2) is 33.8 Å². The molecule has 2 heterocycles. The van der Waals surface area contributed by atoms with Crippen LogP contribution in [0.2, 0.25) is 0 Å². The van der Waals surface area contributed by atoms with Crippen LogP contribution in [0.3, 0.4) is 0 Å². The Hall–Kier alpha value is -2.59. The maximum Gasteiger partial charge on any atom is 0.338 e. The molecule has 0 saturated heterocycles. The lowest BCUT2D eigenvalue weighted by molar-refractivity contribution is -0.136. The quantitative estimate of drug-likeness (QED) is 0.516. The minimum atomic E-state index is -0.595. The van der Waals surface area contributed by atoms with E-state index in [1.807, 2.05) is 32.0 Å². The number of carbonyl (C=O) groups is 2. The molecule has 3 rings (SSSR count). The van der Waals surface area contributed by atoms with E-state index >= 15 is 0 Å². The van der Waals surface area contributed by atoms with E-state index in [1.165, 1.54) is 30.2 Å². The summed E-state index contributed by atoms with van der Waals surface area (Å²) in [6, 6.07) is 4.91. The van der Waals surface area contributed by atoms with Crippen LogP contribution in [0.5, 0.6) is 0 Å². The monoisotopic (exact) mass is 405 g/mol. The summed E-state index contributed by atoms with van der Waals surface area (Å²) in [5.74, 6) is -0.173. The third-order valence-corrected chi connectivity index (χ3v) is 5.97. The Morgan fingerprint density at radius 2 is 2.15 bits per heavy atom. The van der Waals surface area contributed by atoms with Crippen LogP contribution >= 0.6 is 23.1 Å². The summed E-state index contributed by atoms with van der Waals surface area (Å²) in [4.78, 5) is 24.8. The van der Waals surface area contributed by atoms with Crippen molar-refractivity contribution in [1.82, 2.24) is 20.8 Å². The summed E-state index contributed by atoms with van der Waals surface area (Å²) in [7, 11) is 1.32. The minimum Gasteiger partial charge on any atom is -0.466 e. The summed E-state index contributed by atoms with van der Waals surface area (Å²) < 4.78 is 5.64. The molecule has 2 aromatic rings. The van der Waals surface area contributed by atoms with Gasteiger partial charge in [-0.2, -0.15) is 0 Å². The van der Waals surface area contributed by atoms with Gasteiger partial charge in [0.25, 0.3) is 0 Å². The van der Waals surface area contributed by atoms with Crippen molar-refractivity contribution in [2.45, 2.75) is 24.2 Å². The number of amides is 2. The van der Waals surface area contributed by atoms with Gasteiger partial charge in [0.05, 0.1) is 18.7 Å². The Morgan fingerprint density at radius 3 is 2.78 bits per heavy atom. The standard InChI is InChI=1S/C17H19N5O3S2/c1-8-4-5-10(9(2)6-8)13-12(14(23)25-3)11(19-16(24)20-13)7-26-17-22-21-15(18)27-17/h4-6,13H,7H2,1-3H3,(H2,18,21)(H2,19,20,24). The molecule has 27 heavy (non-hydrogen) atoms. The number of rotatable bonds is 5. The number of nitrogens with two attached hydrogens (primary N) is 1. The number of aryl methyl sites for hydroxylation is 2. The first-order valence-corrected chi connectivity index (χ1v) is 9.87. The number of nitrogen functional groups attached to an aromatic ring is 1. The van der Waals surface area contributed by atoms with Crippen LogP contribution in [0.1, 0.15) is 22.7 Å². The van der Waals surface area contributed by atoms with Gasteiger partial charge >= 0.3 is 12.0 Å². The zero-order valence-electron chi connectivity index (χ0n) is 15.0. The third kappa shape index (κ3) is 4.22. The molecule has 2 amide bonds. The van der Waals surface area contributed by atoms with Crippen LogP contribution in [-0.2, 0) is 9.53 Å². The molecule has 0 aliphatic carbocycles. The molecular weight excluding hydrogens is 386 g/mol. The number of nitrogens with one attached hydrogen (secondary N) is 2. The number of hydrogen-bond donors (Lipinski definition) is 3. The first kappa shape index (κ1) is 19.2. The van der Waals surface area contributed by atoms with Gasteiger partial charge in [-0.15, -0.1) is 10.2 Å². The van der Waals surface area contributed by atoms with E-state index < -0.39 is 12.0 Å². The van der Waals surface area contributed by atoms with Gasteiger partial charge in [-0.05, 0) is 25.0 Å². The molecule has 10 heteroatoms. The van der Waals surface area contributed by atoms with Crippen molar-refractivity contribution in [3.05, 3.63) is 46.2 Å². The number of aromatic nitrogens is 2. The van der Waals surface area contributed by atoms with Crippen molar-refractivity contribution in [3.63, 3.8) is 0 Å².